The second-order valence-corrected chi connectivity index (χ2v) is 37.0. The smallest absolute Gasteiger partial charge is 0.416 e. The molecule has 0 saturated carbocycles. The van der Waals surface area contributed by atoms with Crippen LogP contribution >= 0.6 is 0 Å². The molecule has 10 amide bonds. The van der Waals surface area contributed by atoms with Crippen molar-refractivity contribution in [3.8, 4) is 34.8 Å². The van der Waals surface area contributed by atoms with E-state index in [9.17, 15) is 73.2 Å². The van der Waals surface area contributed by atoms with E-state index in [1.165, 1.54) is 73.0 Å². The molecular weight excluding hydrogens is 1950 g/mol. The molecule has 4 aromatic carbocycles. The number of benzene rings is 4. The topological polar surface area (TPSA) is 506 Å². The van der Waals surface area contributed by atoms with Crippen molar-refractivity contribution in [1.82, 2.24) is 35.6 Å². The Morgan fingerprint density at radius 1 is 0.433 bits per heavy atom. The number of nitrogens with one attached hydrogen (secondary N) is 6. The van der Waals surface area contributed by atoms with Gasteiger partial charge in [-0.05, 0) is 138 Å². The lowest BCUT2D eigenvalue weighted by Crippen LogP contribution is -2.53. The van der Waals surface area contributed by atoms with Gasteiger partial charge in [-0.3, -0.25) is 47.7 Å². The van der Waals surface area contributed by atoms with Gasteiger partial charge in [0.1, 0.15) is 37.1 Å². The van der Waals surface area contributed by atoms with E-state index in [0.717, 1.165) is 26.5 Å². The fourth-order valence-electron chi connectivity index (χ4n) is 16.7. The van der Waals surface area contributed by atoms with Crippen LogP contribution in [-0.2, 0) is 110 Å². The van der Waals surface area contributed by atoms with Crippen LogP contribution in [0.4, 0.5) is 32.3 Å². The SMILES string of the molecule is COCCOCCC(=O)NC(C(=O)NC(C)C(=O)Nc1ccc(COC(=O)N2c3cc(OCCCCCOc4cc5c(cc4OC)C(=O)N4C=C(C)CC4C(O)N5C(=O)OCc4ccc(NC(=O)C(C)NC(=O)C(CCCC(=O)CCOCCOCCOCCOCCOCCOCCOCCOCCNC(=O)CCn5c(O)cc(C6=C/C=C\C=C/C=C\6)c5O)C(C)C)cc4)c(OC)cc3C(=O)N3C=C(C)CC3C2O)cc1)C(C)C. The Morgan fingerprint density at radius 3 is 1.33 bits per heavy atom. The third-order valence-electron chi connectivity index (χ3n) is 25.0. The third kappa shape index (κ3) is 36.6. The van der Waals surface area contributed by atoms with Gasteiger partial charge in [-0.15, -0.1) is 0 Å². The molecule has 0 spiro atoms. The third-order valence-corrected chi connectivity index (χ3v) is 25.0. The highest BCUT2D eigenvalue weighted by Gasteiger charge is 2.48. The first-order valence-corrected chi connectivity index (χ1v) is 50.9. The normalized spacial score (nSPS) is 17.4. The summed E-state index contributed by atoms with van der Waals surface area (Å²) in [6.45, 7) is 20.6. The zero-order chi connectivity index (χ0) is 108. The summed E-state index contributed by atoms with van der Waals surface area (Å²) in [5.74, 6) is -4.02. The lowest BCUT2D eigenvalue weighted by atomic mass is 9.89. The van der Waals surface area contributed by atoms with Gasteiger partial charge in [0.05, 0.1) is 188 Å². The fraction of sp³-hybridized carbons (Fsp3) is 0.528. The molecule has 10 rings (SSSR count). The minimum Gasteiger partial charge on any atom is -0.494 e. The predicted octanol–water partition coefficient (Wildman–Crippen LogP) is 10.6. The number of hydrogen-bond donors (Lipinski definition) is 10. The monoisotopic (exact) mass is 2090 g/mol. The van der Waals surface area contributed by atoms with Crippen molar-refractivity contribution in [2.24, 2.45) is 17.8 Å². The fourth-order valence-corrected chi connectivity index (χ4v) is 16.7. The quantitative estimate of drug-likeness (QED) is 0.0162. The second-order valence-electron chi connectivity index (χ2n) is 37.0. The molecule has 1 aromatic heterocycles. The highest BCUT2D eigenvalue weighted by atomic mass is 16.6. The Kier molecular flexibility index (Phi) is 49.5. The number of Topliss-reactive ketones (excluding diaryl/α,β-unsaturated/α-hetero) is 1. The van der Waals surface area contributed by atoms with Crippen LogP contribution < -0.4 is 60.6 Å². The summed E-state index contributed by atoms with van der Waals surface area (Å²) in [6, 6.07) is 15.5. The number of aliphatic hydroxyl groups is 2. The molecule has 0 saturated heterocycles. The molecule has 4 aliphatic heterocycles. The van der Waals surface area contributed by atoms with Gasteiger partial charge in [-0.25, -0.2) is 19.4 Å². The van der Waals surface area contributed by atoms with Gasteiger partial charge in [-0.2, -0.15) is 0 Å². The van der Waals surface area contributed by atoms with Crippen molar-refractivity contribution in [2.75, 3.05) is 187 Å². The molecule has 5 heterocycles. The summed E-state index contributed by atoms with van der Waals surface area (Å²) in [4.78, 5) is 154. The minimum absolute atomic E-state index is 0.000148. The Hall–Kier alpha value is -13.1. The van der Waals surface area contributed by atoms with Gasteiger partial charge in [0.15, 0.2) is 41.3 Å². The standard InChI is InChI=1S/C108H147N11O31/c1-70(2)82(24-20-23-81(120)34-40-138-45-47-141-49-51-143-53-55-145-57-58-146-56-54-144-52-50-142-48-46-140-42-36-109-94(121)33-37-115-96(123)63-83(102(115)128)78-21-16-13-12-14-17-22-78)100(126)110-74(7)98(124)112-79-29-25-76(26-30-79)68-149-107(133)118-86-64-92(90(136-10)61-84(86)103(129)116-66-72(5)59-88(116)105(118)131)147-38-18-15-19-39-148-93-65-87-85(62-91(93)137-11)104(130)117-67-73(6)60-89(117)106(132)119(87)108(134)150-69-77-27-31-80(32-28-77)113-99(125)75(8)111-101(127)97(71(3)4)114-95(122)35-41-139-44-43-135-9/h12-14,16-17,21-22,25-32,61-67,70-71,74-75,82,88-89,97,105-106,123,128,131-132H,15,18-20,23-24,33-60,68-69H2,1-11H3,(H,109,121)(H,110,126)(H,111,127)(H,112,124)(H,113,125)(H,114,122)/b13-12-,14-12?,16-13?,17-14-,21-16-,22-17?,78-21?,78-22+. The van der Waals surface area contributed by atoms with Gasteiger partial charge < -0.3 is 138 Å². The molecule has 0 bridgehead atoms. The Labute approximate surface area is 874 Å². The second kappa shape index (κ2) is 62.5. The summed E-state index contributed by atoms with van der Waals surface area (Å²) < 4.78 is 92.0. The number of nitrogens with zero attached hydrogens (tertiary/aromatic N) is 5. The van der Waals surface area contributed by atoms with Crippen LogP contribution in [-0.4, -0.2) is 309 Å². The summed E-state index contributed by atoms with van der Waals surface area (Å²) in [5, 5.41) is 61.9. The maximum absolute atomic E-state index is 14.5. The van der Waals surface area contributed by atoms with E-state index in [0.29, 0.717) is 179 Å². The molecule has 150 heavy (non-hydrogen) atoms. The van der Waals surface area contributed by atoms with Crippen LogP contribution in [0.5, 0.6) is 34.8 Å². The number of allylic oxidation sites excluding steroid dienone is 8. The zero-order valence-electron chi connectivity index (χ0n) is 87.5. The molecule has 42 nitrogen and oxygen atoms in total. The number of aromatic hydroxyl groups is 2. The van der Waals surface area contributed by atoms with Crippen molar-refractivity contribution in [2.45, 2.75) is 188 Å². The van der Waals surface area contributed by atoms with Crippen molar-refractivity contribution >= 4 is 93.5 Å². The van der Waals surface area contributed by atoms with Crippen LogP contribution in [0.25, 0.3) is 5.57 Å². The first kappa shape index (κ1) is 119. The molecule has 820 valence electrons. The first-order chi connectivity index (χ1) is 72.4. The highest BCUT2D eigenvalue weighted by molar-refractivity contribution is 6.08. The summed E-state index contributed by atoms with van der Waals surface area (Å²) in [7, 11) is 4.35. The van der Waals surface area contributed by atoms with E-state index >= 15 is 0 Å². The Balaban J connectivity index is 0.575. The van der Waals surface area contributed by atoms with Gasteiger partial charge >= 0.3 is 12.2 Å². The van der Waals surface area contributed by atoms with Crippen molar-refractivity contribution in [3.63, 3.8) is 0 Å². The van der Waals surface area contributed by atoms with Crippen molar-refractivity contribution < 1.29 is 149 Å². The number of carbonyl (C=O) groups is 11. The number of hydrogen-bond acceptors (Lipinski definition) is 31. The minimum atomic E-state index is -1.59. The largest absolute Gasteiger partial charge is 0.494 e. The van der Waals surface area contributed by atoms with Crippen molar-refractivity contribution in [3.05, 3.63) is 173 Å². The summed E-state index contributed by atoms with van der Waals surface area (Å²) in [6.07, 6.45) is 14.4. The number of fused-ring (bicyclic) bond motifs is 4. The number of ketones is 1. The number of anilines is 4. The van der Waals surface area contributed by atoms with Crippen molar-refractivity contribution in [1.29, 1.82) is 0 Å². The first-order valence-electron chi connectivity index (χ1n) is 50.9. The lowest BCUT2D eigenvalue weighted by Gasteiger charge is -2.31. The number of aromatic nitrogens is 1. The summed E-state index contributed by atoms with van der Waals surface area (Å²) >= 11 is 0. The zero-order valence-corrected chi connectivity index (χ0v) is 87.5. The number of unbranched alkanes of at least 4 members (excludes halogenated alkanes) is 2. The van der Waals surface area contributed by atoms with E-state index in [4.69, 9.17) is 75.8 Å². The molecular formula is C108H147N11O31. The number of amides is 10. The lowest BCUT2D eigenvalue weighted by molar-refractivity contribution is -0.132. The molecule has 1 aliphatic carbocycles. The maximum Gasteiger partial charge on any atom is 0.416 e. The van der Waals surface area contributed by atoms with Gasteiger partial charge in [0, 0.05) is 99.3 Å². The van der Waals surface area contributed by atoms with Gasteiger partial charge in [0.25, 0.3) is 11.8 Å². The maximum atomic E-state index is 14.5. The number of rotatable bonds is 66. The predicted molar refractivity (Wildman–Crippen MR) is 553 cm³/mol. The molecule has 42 heteroatoms. The number of aliphatic hydroxyl groups excluding tert-OH is 2. The Bertz CT molecular complexity index is 5470. The van der Waals surface area contributed by atoms with Gasteiger partial charge in [-0.1, -0.05) is 106 Å². The Morgan fingerprint density at radius 2 is 0.873 bits per heavy atom. The molecule has 5 aliphatic rings. The van der Waals surface area contributed by atoms with E-state index in [1.807, 2.05) is 70.2 Å². The van der Waals surface area contributed by atoms with E-state index in [-0.39, 0.29) is 177 Å². The van der Waals surface area contributed by atoms with Crippen LogP contribution in [0.2, 0.25) is 0 Å². The average Bonchev–Trinajstić information content (AvgIpc) is 1.60. The van der Waals surface area contributed by atoms with Crippen LogP contribution in [0.1, 0.15) is 163 Å². The average molecular weight is 2100 g/mol. The molecule has 10 N–H and O–H groups in total. The van der Waals surface area contributed by atoms with E-state index in [1.54, 1.807) is 81.7 Å². The molecule has 8 atom stereocenters. The van der Waals surface area contributed by atoms with E-state index < -0.39 is 90.3 Å². The van der Waals surface area contributed by atoms with Gasteiger partial charge in [0.2, 0.25) is 41.3 Å². The number of methoxy groups -OCH3 is 3. The van der Waals surface area contributed by atoms with Crippen LogP contribution in [0.15, 0.2) is 145 Å². The summed E-state index contributed by atoms with van der Waals surface area (Å²) in [5.41, 5.74) is 4.58. The number of ether oxygens (including phenoxy) is 16. The molecule has 5 aromatic rings. The molecule has 0 fully saturated rings. The highest BCUT2D eigenvalue weighted by Crippen LogP contribution is 2.45. The van der Waals surface area contributed by atoms with E-state index in [2.05, 4.69) is 31.9 Å². The molecule has 8 unspecified atom stereocenters. The van der Waals surface area contributed by atoms with Crippen LogP contribution in [0.3, 0.4) is 0 Å². The number of carbonyl (C=O) groups excluding carboxylic acids is 11. The molecule has 0 radical (unpaired) electrons. The van der Waals surface area contributed by atoms with Crippen LogP contribution in [0, 0.1) is 17.8 Å².